The third kappa shape index (κ3) is 3.02. The third-order valence-corrected chi connectivity index (χ3v) is 4.22. The number of nitrogens with one attached hydrogen (secondary N) is 2. The molecule has 2 aromatic rings. The lowest BCUT2D eigenvalue weighted by atomic mass is 10.1. The molecule has 0 bridgehead atoms. The highest BCUT2D eigenvalue weighted by molar-refractivity contribution is 7.18. The van der Waals surface area contributed by atoms with Crippen LogP contribution in [0.2, 0.25) is 5.02 Å². The number of rotatable bonds is 4. The van der Waals surface area contributed by atoms with Gasteiger partial charge in [0.05, 0.1) is 6.04 Å². The van der Waals surface area contributed by atoms with Crippen molar-refractivity contribution in [2.24, 2.45) is 0 Å². The smallest absolute Gasteiger partial charge is 0.265 e. The van der Waals surface area contributed by atoms with Crippen LogP contribution in [0.5, 0.6) is 0 Å². The molecule has 0 aliphatic rings. The lowest BCUT2D eigenvalue weighted by Crippen LogP contribution is -2.26. The van der Waals surface area contributed by atoms with E-state index in [1.807, 2.05) is 25.1 Å². The number of benzene rings is 1. The van der Waals surface area contributed by atoms with Gasteiger partial charge >= 0.3 is 0 Å². The second-order valence-corrected chi connectivity index (χ2v) is 5.61. The van der Waals surface area contributed by atoms with E-state index in [-0.39, 0.29) is 17.8 Å². The van der Waals surface area contributed by atoms with Crippen molar-refractivity contribution >= 4 is 39.8 Å². The van der Waals surface area contributed by atoms with Gasteiger partial charge in [0.1, 0.15) is 10.7 Å². The Morgan fingerprint density at radius 1 is 1.45 bits per heavy atom. The van der Waals surface area contributed by atoms with Crippen molar-refractivity contribution in [1.29, 1.82) is 0 Å². The lowest BCUT2D eigenvalue weighted by molar-refractivity contribution is 0.0944. The van der Waals surface area contributed by atoms with Crippen LogP contribution < -0.4 is 16.4 Å². The van der Waals surface area contributed by atoms with Gasteiger partial charge in [0.25, 0.3) is 5.91 Å². The Morgan fingerprint density at radius 3 is 2.75 bits per heavy atom. The number of aromatic nitrogens is 1. The first-order valence-corrected chi connectivity index (χ1v) is 7.21. The molecule has 4 N–H and O–H groups in total. The maximum Gasteiger partial charge on any atom is 0.265 e. The summed E-state index contributed by atoms with van der Waals surface area (Å²) in [6.45, 7) is 1.87. The lowest BCUT2D eigenvalue weighted by Gasteiger charge is -2.15. The van der Waals surface area contributed by atoms with Crippen molar-refractivity contribution in [3.8, 4) is 0 Å². The Hall–Kier alpha value is -1.79. The Morgan fingerprint density at radius 2 is 2.15 bits per heavy atom. The standard InChI is InChI=1S/C13H15ClN4OS/c1-7(8-5-3-4-6-9(8)14)17-12(19)10-11(15)18-13(16-2)20-10/h3-7H,15H2,1-2H3,(H,16,18)(H,17,19). The van der Waals surface area contributed by atoms with Gasteiger partial charge in [0.15, 0.2) is 5.13 Å². The Labute approximate surface area is 126 Å². The van der Waals surface area contributed by atoms with E-state index in [2.05, 4.69) is 15.6 Å². The number of thiazole rings is 1. The first kappa shape index (κ1) is 14.6. The van der Waals surface area contributed by atoms with Gasteiger partial charge in [0, 0.05) is 12.1 Å². The van der Waals surface area contributed by atoms with E-state index in [1.165, 1.54) is 11.3 Å². The number of carbonyl (C=O) groups is 1. The van der Waals surface area contributed by atoms with Gasteiger partial charge in [-0.2, -0.15) is 0 Å². The van der Waals surface area contributed by atoms with Gasteiger partial charge in [-0.1, -0.05) is 41.1 Å². The molecular weight excluding hydrogens is 296 g/mol. The van der Waals surface area contributed by atoms with E-state index < -0.39 is 0 Å². The molecule has 0 aliphatic heterocycles. The molecule has 0 saturated heterocycles. The summed E-state index contributed by atoms with van der Waals surface area (Å²) in [7, 11) is 1.73. The Bertz CT molecular complexity index is 629. The minimum atomic E-state index is -0.256. The highest BCUT2D eigenvalue weighted by Crippen LogP contribution is 2.26. The average molecular weight is 311 g/mol. The van der Waals surface area contributed by atoms with E-state index in [1.54, 1.807) is 13.1 Å². The third-order valence-electron chi connectivity index (χ3n) is 2.79. The molecule has 2 rings (SSSR count). The highest BCUT2D eigenvalue weighted by atomic mass is 35.5. The second kappa shape index (κ2) is 6.11. The zero-order valence-corrected chi connectivity index (χ0v) is 12.7. The topological polar surface area (TPSA) is 80.0 Å². The summed E-state index contributed by atoms with van der Waals surface area (Å²) >= 11 is 7.33. The molecule has 7 heteroatoms. The number of nitrogens with zero attached hydrogens (tertiary/aromatic N) is 1. The van der Waals surface area contributed by atoms with Gasteiger partial charge < -0.3 is 16.4 Å². The van der Waals surface area contributed by atoms with Crippen LogP contribution in [0.15, 0.2) is 24.3 Å². The van der Waals surface area contributed by atoms with Crippen LogP contribution in [0.3, 0.4) is 0 Å². The number of hydrogen-bond acceptors (Lipinski definition) is 5. The van der Waals surface area contributed by atoms with Gasteiger partial charge in [-0.15, -0.1) is 0 Å². The van der Waals surface area contributed by atoms with Crippen molar-refractivity contribution < 1.29 is 4.79 Å². The van der Waals surface area contributed by atoms with Crippen molar-refractivity contribution in [1.82, 2.24) is 10.3 Å². The fourth-order valence-corrected chi connectivity index (χ4v) is 2.81. The van der Waals surface area contributed by atoms with Gasteiger partial charge in [-0.25, -0.2) is 4.98 Å². The molecule has 0 fully saturated rings. The van der Waals surface area contributed by atoms with E-state index in [0.29, 0.717) is 15.0 Å². The van der Waals surface area contributed by atoms with Crippen LogP contribution in [-0.4, -0.2) is 17.9 Å². The predicted octanol–water partition coefficient (Wildman–Crippen LogP) is 2.91. The first-order chi connectivity index (χ1) is 9.52. The monoisotopic (exact) mass is 310 g/mol. The molecule has 1 aromatic heterocycles. The van der Waals surface area contributed by atoms with Crippen LogP contribution in [0, 0.1) is 0 Å². The molecule has 0 saturated carbocycles. The van der Waals surface area contributed by atoms with Crippen LogP contribution in [-0.2, 0) is 0 Å². The summed E-state index contributed by atoms with van der Waals surface area (Å²) in [5, 5.41) is 6.96. The fraction of sp³-hybridized carbons (Fsp3) is 0.231. The quantitative estimate of drug-likeness (QED) is 0.811. The average Bonchev–Trinajstić information content (AvgIpc) is 2.80. The number of carbonyl (C=O) groups excluding carboxylic acids is 1. The summed E-state index contributed by atoms with van der Waals surface area (Å²) in [6, 6.07) is 7.18. The number of anilines is 2. The summed E-state index contributed by atoms with van der Waals surface area (Å²) in [4.78, 5) is 16.6. The maximum atomic E-state index is 12.2. The minimum Gasteiger partial charge on any atom is -0.382 e. The van der Waals surface area contributed by atoms with E-state index >= 15 is 0 Å². The predicted molar refractivity (Wildman–Crippen MR) is 83.4 cm³/mol. The first-order valence-electron chi connectivity index (χ1n) is 6.02. The van der Waals surface area contributed by atoms with E-state index in [9.17, 15) is 4.79 Å². The number of nitrogens with two attached hydrogens (primary N) is 1. The Kier molecular flexibility index (Phi) is 4.46. The fourth-order valence-electron chi connectivity index (χ4n) is 1.77. The van der Waals surface area contributed by atoms with Gasteiger partial charge in [-0.05, 0) is 18.6 Å². The highest BCUT2D eigenvalue weighted by Gasteiger charge is 2.19. The van der Waals surface area contributed by atoms with Gasteiger partial charge in [0.2, 0.25) is 0 Å². The normalized spacial score (nSPS) is 11.9. The van der Waals surface area contributed by atoms with E-state index in [0.717, 1.165) is 5.56 Å². The maximum absolute atomic E-state index is 12.2. The molecule has 1 atom stereocenters. The van der Waals surface area contributed by atoms with Crippen LogP contribution in [0.25, 0.3) is 0 Å². The van der Waals surface area contributed by atoms with Gasteiger partial charge in [-0.3, -0.25) is 4.79 Å². The molecule has 1 amide bonds. The molecule has 0 radical (unpaired) electrons. The second-order valence-electron chi connectivity index (χ2n) is 4.20. The molecule has 1 aromatic carbocycles. The molecular formula is C13H15ClN4OS. The SMILES string of the molecule is CNc1nc(N)c(C(=O)NC(C)c2ccccc2Cl)s1. The number of hydrogen-bond donors (Lipinski definition) is 3. The molecule has 1 unspecified atom stereocenters. The minimum absolute atomic E-state index is 0.212. The molecule has 1 heterocycles. The molecule has 0 aliphatic carbocycles. The Balaban J connectivity index is 2.15. The number of amides is 1. The molecule has 5 nitrogen and oxygen atoms in total. The van der Waals surface area contributed by atoms with Crippen LogP contribution >= 0.6 is 22.9 Å². The van der Waals surface area contributed by atoms with Crippen molar-refractivity contribution in [3.05, 3.63) is 39.7 Å². The van der Waals surface area contributed by atoms with Crippen molar-refractivity contribution in [2.75, 3.05) is 18.1 Å². The zero-order chi connectivity index (χ0) is 14.7. The summed E-state index contributed by atoms with van der Waals surface area (Å²) in [5.74, 6) is -0.0304. The van der Waals surface area contributed by atoms with Crippen LogP contribution in [0.1, 0.15) is 28.2 Å². The number of nitrogen functional groups attached to an aromatic ring is 1. The van der Waals surface area contributed by atoms with E-state index in [4.69, 9.17) is 17.3 Å². The van der Waals surface area contributed by atoms with Crippen LogP contribution in [0.4, 0.5) is 10.9 Å². The molecule has 106 valence electrons. The summed E-state index contributed by atoms with van der Waals surface area (Å²) in [6.07, 6.45) is 0. The molecule has 0 spiro atoms. The molecule has 20 heavy (non-hydrogen) atoms. The largest absolute Gasteiger partial charge is 0.382 e. The van der Waals surface area contributed by atoms with Crippen molar-refractivity contribution in [2.45, 2.75) is 13.0 Å². The zero-order valence-electron chi connectivity index (χ0n) is 11.1. The van der Waals surface area contributed by atoms with Crippen molar-refractivity contribution in [3.63, 3.8) is 0 Å². The number of halogens is 1. The summed E-state index contributed by atoms with van der Waals surface area (Å²) < 4.78 is 0. The summed E-state index contributed by atoms with van der Waals surface area (Å²) in [5.41, 5.74) is 6.60.